The summed E-state index contributed by atoms with van der Waals surface area (Å²) in [6, 6.07) is 17.8. The van der Waals surface area contributed by atoms with Crippen molar-refractivity contribution in [3.63, 3.8) is 0 Å². The molecule has 5 heteroatoms. The van der Waals surface area contributed by atoms with E-state index in [1.807, 2.05) is 68.4 Å². The van der Waals surface area contributed by atoms with Gasteiger partial charge in [-0.1, -0.05) is 48.5 Å². The average Bonchev–Trinajstić information content (AvgIpc) is 3.07. The van der Waals surface area contributed by atoms with Gasteiger partial charge in [-0.25, -0.2) is 9.67 Å². The average molecular weight is 330 g/mol. The Hall–Kier alpha value is -3.21. The molecule has 2 heterocycles. The molecule has 0 bridgehead atoms. The number of aromatic nitrogens is 4. The molecule has 0 radical (unpaired) electrons. The molecule has 4 rings (SSSR count). The molecule has 2 aromatic heterocycles. The first kappa shape index (κ1) is 15.3. The Kier molecular flexibility index (Phi) is 3.69. The molecule has 0 aliphatic heterocycles. The van der Waals surface area contributed by atoms with E-state index in [4.69, 9.17) is 0 Å². The maximum atomic E-state index is 12.9. The second kappa shape index (κ2) is 6.02. The number of hydrogen-bond acceptors (Lipinski definition) is 3. The van der Waals surface area contributed by atoms with Crippen LogP contribution in [0.4, 0.5) is 0 Å². The molecule has 0 fully saturated rings. The predicted octanol–water partition coefficient (Wildman–Crippen LogP) is 3.50. The van der Waals surface area contributed by atoms with Crippen LogP contribution in [-0.4, -0.2) is 19.3 Å². The van der Waals surface area contributed by atoms with Crippen molar-refractivity contribution in [1.82, 2.24) is 19.3 Å². The molecule has 4 aromatic rings. The second-order valence-electron chi connectivity index (χ2n) is 6.12. The van der Waals surface area contributed by atoms with Crippen LogP contribution in [0.5, 0.6) is 0 Å². The number of nitrogens with zero attached hydrogens (tertiary/aromatic N) is 4. The van der Waals surface area contributed by atoms with Crippen molar-refractivity contribution in [2.45, 2.75) is 19.9 Å². The fraction of sp³-hybridized carbons (Fsp3) is 0.150. The Balaban J connectivity index is 1.86. The molecule has 1 atom stereocenters. The third-order valence-electron chi connectivity index (χ3n) is 4.56. The van der Waals surface area contributed by atoms with Gasteiger partial charge in [0.05, 0.1) is 17.9 Å². The summed E-state index contributed by atoms with van der Waals surface area (Å²) < 4.78 is 3.38. The Morgan fingerprint density at radius 3 is 2.48 bits per heavy atom. The van der Waals surface area contributed by atoms with Crippen molar-refractivity contribution in [2.24, 2.45) is 0 Å². The third-order valence-corrected chi connectivity index (χ3v) is 4.56. The van der Waals surface area contributed by atoms with E-state index < -0.39 is 0 Å². The van der Waals surface area contributed by atoms with Crippen molar-refractivity contribution in [2.75, 3.05) is 0 Å². The summed E-state index contributed by atoms with van der Waals surface area (Å²) in [7, 11) is 0. The molecule has 0 unspecified atom stereocenters. The molecule has 0 amide bonds. The van der Waals surface area contributed by atoms with Gasteiger partial charge in [-0.15, -0.1) is 0 Å². The number of rotatable bonds is 3. The highest BCUT2D eigenvalue weighted by Crippen LogP contribution is 2.19. The SMILES string of the molecule is Cc1ccccc1-n1ncc2c(=O)n([C@H](C)c3ccccc3)cnc21. The molecule has 0 saturated carbocycles. The van der Waals surface area contributed by atoms with E-state index in [9.17, 15) is 4.79 Å². The zero-order valence-electron chi connectivity index (χ0n) is 14.1. The predicted molar refractivity (Wildman–Crippen MR) is 98.1 cm³/mol. The zero-order valence-corrected chi connectivity index (χ0v) is 14.1. The maximum Gasteiger partial charge on any atom is 0.265 e. The van der Waals surface area contributed by atoms with Gasteiger partial charge in [-0.05, 0) is 31.0 Å². The maximum absolute atomic E-state index is 12.9. The molecule has 0 saturated heterocycles. The first-order chi connectivity index (χ1) is 12.2. The van der Waals surface area contributed by atoms with Crippen LogP contribution in [0.15, 0.2) is 71.9 Å². The lowest BCUT2D eigenvalue weighted by Crippen LogP contribution is -2.24. The van der Waals surface area contributed by atoms with Gasteiger partial charge in [-0.2, -0.15) is 5.10 Å². The lowest BCUT2D eigenvalue weighted by Gasteiger charge is -2.15. The van der Waals surface area contributed by atoms with Gasteiger partial charge in [-0.3, -0.25) is 9.36 Å². The van der Waals surface area contributed by atoms with Crippen molar-refractivity contribution < 1.29 is 0 Å². The van der Waals surface area contributed by atoms with Gasteiger partial charge in [0.25, 0.3) is 5.56 Å². The molecule has 0 N–H and O–H groups in total. The Labute approximate surface area is 145 Å². The van der Waals surface area contributed by atoms with Gasteiger partial charge >= 0.3 is 0 Å². The summed E-state index contributed by atoms with van der Waals surface area (Å²) in [5.74, 6) is 0. The van der Waals surface area contributed by atoms with E-state index >= 15 is 0 Å². The normalized spacial score (nSPS) is 12.4. The standard InChI is InChI=1S/C20H18N4O/c1-14-8-6-7-11-18(14)24-19-17(12-22-24)20(25)23(13-21-19)15(2)16-9-4-3-5-10-16/h3-13,15H,1-2H3/t15-/m1/s1. The van der Waals surface area contributed by atoms with Crippen LogP contribution in [0.2, 0.25) is 0 Å². The Morgan fingerprint density at radius 2 is 1.72 bits per heavy atom. The van der Waals surface area contributed by atoms with Crippen LogP contribution >= 0.6 is 0 Å². The molecule has 2 aromatic carbocycles. The number of hydrogen-bond donors (Lipinski definition) is 0. The Bertz CT molecular complexity index is 1100. The lowest BCUT2D eigenvalue weighted by molar-refractivity contribution is 0.608. The third kappa shape index (κ3) is 2.54. The van der Waals surface area contributed by atoms with Crippen molar-refractivity contribution in [1.29, 1.82) is 0 Å². The van der Waals surface area contributed by atoms with Crippen LogP contribution < -0.4 is 5.56 Å². The number of benzene rings is 2. The van der Waals surface area contributed by atoms with Crippen molar-refractivity contribution in [3.8, 4) is 5.69 Å². The van der Waals surface area contributed by atoms with Crippen molar-refractivity contribution >= 4 is 11.0 Å². The highest BCUT2D eigenvalue weighted by Gasteiger charge is 2.16. The summed E-state index contributed by atoms with van der Waals surface area (Å²) >= 11 is 0. The van der Waals surface area contributed by atoms with E-state index in [0.717, 1.165) is 16.8 Å². The molecular formula is C20H18N4O. The van der Waals surface area contributed by atoms with E-state index in [2.05, 4.69) is 10.1 Å². The largest absolute Gasteiger partial charge is 0.291 e. The quantitative estimate of drug-likeness (QED) is 0.578. The summed E-state index contributed by atoms with van der Waals surface area (Å²) in [6.07, 6.45) is 3.21. The summed E-state index contributed by atoms with van der Waals surface area (Å²) in [5, 5.41) is 4.92. The number of fused-ring (bicyclic) bond motifs is 1. The summed E-state index contributed by atoms with van der Waals surface area (Å²) in [6.45, 7) is 4.01. The van der Waals surface area contributed by atoms with E-state index in [1.165, 1.54) is 0 Å². The van der Waals surface area contributed by atoms with Gasteiger partial charge < -0.3 is 0 Å². The highest BCUT2D eigenvalue weighted by molar-refractivity contribution is 5.75. The van der Waals surface area contributed by atoms with Crippen LogP contribution in [0.25, 0.3) is 16.7 Å². The second-order valence-corrected chi connectivity index (χ2v) is 6.12. The molecule has 0 aliphatic carbocycles. The van der Waals surface area contributed by atoms with Gasteiger partial charge in [0.1, 0.15) is 11.7 Å². The van der Waals surface area contributed by atoms with Crippen LogP contribution in [-0.2, 0) is 0 Å². The van der Waals surface area contributed by atoms with Gasteiger partial charge in [0.2, 0.25) is 0 Å². The molecule has 0 spiro atoms. The molecular weight excluding hydrogens is 312 g/mol. The minimum Gasteiger partial charge on any atom is -0.291 e. The monoisotopic (exact) mass is 330 g/mol. The number of aryl methyl sites for hydroxylation is 1. The van der Waals surface area contributed by atoms with Crippen LogP contribution in [0.3, 0.4) is 0 Å². The minimum atomic E-state index is -0.0904. The van der Waals surface area contributed by atoms with E-state index in [1.54, 1.807) is 21.8 Å². The molecule has 25 heavy (non-hydrogen) atoms. The lowest BCUT2D eigenvalue weighted by atomic mass is 10.1. The first-order valence-electron chi connectivity index (χ1n) is 8.22. The van der Waals surface area contributed by atoms with Gasteiger partial charge in [0, 0.05) is 0 Å². The minimum absolute atomic E-state index is 0.0822. The highest BCUT2D eigenvalue weighted by atomic mass is 16.1. The van der Waals surface area contributed by atoms with Gasteiger partial charge in [0.15, 0.2) is 5.65 Å². The topological polar surface area (TPSA) is 52.7 Å². The van der Waals surface area contributed by atoms with Crippen LogP contribution in [0.1, 0.15) is 24.1 Å². The molecule has 5 nitrogen and oxygen atoms in total. The van der Waals surface area contributed by atoms with Crippen LogP contribution in [0, 0.1) is 6.92 Å². The van der Waals surface area contributed by atoms with Crippen molar-refractivity contribution in [3.05, 3.63) is 88.6 Å². The molecule has 0 aliphatic rings. The first-order valence-corrected chi connectivity index (χ1v) is 8.22. The van der Waals surface area contributed by atoms with E-state index in [0.29, 0.717) is 11.0 Å². The molecule has 124 valence electrons. The van der Waals surface area contributed by atoms with E-state index in [-0.39, 0.29) is 11.6 Å². The zero-order chi connectivity index (χ0) is 17.4. The fourth-order valence-corrected chi connectivity index (χ4v) is 3.07. The number of para-hydroxylation sites is 1. The Morgan fingerprint density at radius 1 is 1.00 bits per heavy atom. The fourth-order valence-electron chi connectivity index (χ4n) is 3.07. The summed E-state index contributed by atoms with van der Waals surface area (Å²) in [5.41, 5.74) is 3.57. The summed E-state index contributed by atoms with van der Waals surface area (Å²) in [4.78, 5) is 17.5. The smallest absolute Gasteiger partial charge is 0.265 e.